The molecule has 0 amide bonds. The van der Waals surface area contributed by atoms with Gasteiger partial charge in [0.05, 0.1) is 11.0 Å². The highest BCUT2D eigenvalue weighted by atomic mass is 15.1. The summed E-state index contributed by atoms with van der Waals surface area (Å²) in [6, 6.07) is 70.7. The van der Waals surface area contributed by atoms with Gasteiger partial charge in [-0.05, 0) is 134 Å². The summed E-state index contributed by atoms with van der Waals surface area (Å²) in [7, 11) is 0. The first-order valence-electron chi connectivity index (χ1n) is 25.9. The van der Waals surface area contributed by atoms with Crippen LogP contribution in [-0.4, -0.2) is 11.4 Å². The molecule has 69 heavy (non-hydrogen) atoms. The number of rotatable bonds is 12. The van der Waals surface area contributed by atoms with Gasteiger partial charge in [-0.3, -0.25) is 0 Å². The van der Waals surface area contributed by atoms with Crippen LogP contribution in [0.3, 0.4) is 0 Å². The molecule has 0 fully saturated rings. The van der Waals surface area contributed by atoms with E-state index < -0.39 is 0 Å². The molecule has 9 aromatic carbocycles. The molecule has 3 aliphatic rings. The quantitative estimate of drug-likeness (QED) is 0.0674. The van der Waals surface area contributed by atoms with E-state index in [-0.39, 0.29) is 18.2 Å². The monoisotopic (exact) mass is 890 g/mol. The Morgan fingerprint density at radius 2 is 1.16 bits per heavy atom. The first-order chi connectivity index (χ1) is 33.9. The molecule has 336 valence electrons. The molecule has 1 aromatic heterocycles. The molecule has 3 heteroatoms. The van der Waals surface area contributed by atoms with Crippen molar-refractivity contribution in [3.8, 4) is 27.9 Å². The van der Waals surface area contributed by atoms with Crippen LogP contribution in [0.4, 0.5) is 11.4 Å². The number of aromatic nitrogens is 1. The Morgan fingerprint density at radius 1 is 0.493 bits per heavy atom. The van der Waals surface area contributed by atoms with Gasteiger partial charge in [0.1, 0.15) is 0 Å². The maximum Gasteiger partial charge on any atom is 0.333 e. The summed E-state index contributed by atoms with van der Waals surface area (Å²) in [5, 5.41) is 5.24. The van der Waals surface area contributed by atoms with Crippen molar-refractivity contribution < 1.29 is 0 Å². The number of benzene rings is 9. The van der Waals surface area contributed by atoms with Crippen LogP contribution >= 0.6 is 0 Å². The van der Waals surface area contributed by atoms with Crippen molar-refractivity contribution in [3.05, 3.63) is 221 Å². The number of aryl methyl sites for hydroxylation is 2. The van der Waals surface area contributed by atoms with Crippen molar-refractivity contribution in [1.82, 2.24) is 4.57 Å². The highest BCUT2D eigenvalue weighted by molar-refractivity contribution is 6.93. The Morgan fingerprint density at radius 3 is 1.90 bits per heavy atom. The predicted molar refractivity (Wildman–Crippen MR) is 295 cm³/mol. The van der Waals surface area contributed by atoms with Crippen LogP contribution in [-0.2, 0) is 18.3 Å². The van der Waals surface area contributed by atoms with E-state index >= 15 is 0 Å². The second-order valence-corrected chi connectivity index (χ2v) is 20.8. The van der Waals surface area contributed by atoms with Crippen LogP contribution in [0.15, 0.2) is 182 Å². The zero-order valence-corrected chi connectivity index (χ0v) is 40.5. The number of fused-ring (bicyclic) bond motifs is 13. The van der Waals surface area contributed by atoms with Crippen molar-refractivity contribution in [2.24, 2.45) is 0 Å². The van der Waals surface area contributed by atoms with E-state index in [9.17, 15) is 0 Å². The van der Waals surface area contributed by atoms with Gasteiger partial charge in [0.2, 0.25) is 0 Å². The lowest BCUT2D eigenvalue weighted by Crippen LogP contribution is -2.60. The highest BCUT2D eigenvalue weighted by Crippen LogP contribution is 2.55. The van der Waals surface area contributed by atoms with Crippen molar-refractivity contribution >= 4 is 61.7 Å². The molecule has 1 aliphatic carbocycles. The third-order valence-electron chi connectivity index (χ3n) is 16.3. The molecule has 0 unspecified atom stereocenters. The third kappa shape index (κ3) is 6.46. The first kappa shape index (κ1) is 42.0. The molecule has 0 bridgehead atoms. The molecule has 2 nitrogen and oxygen atoms in total. The number of hydrogen-bond acceptors (Lipinski definition) is 1. The summed E-state index contributed by atoms with van der Waals surface area (Å²) >= 11 is 0. The van der Waals surface area contributed by atoms with Gasteiger partial charge in [0.25, 0.3) is 0 Å². The second kappa shape index (κ2) is 16.6. The predicted octanol–water partition coefficient (Wildman–Crippen LogP) is 16.1. The number of hydrogen-bond donors (Lipinski definition) is 0. The fraction of sp³-hybridized carbons (Fsp3) is 0.212. The van der Waals surface area contributed by atoms with Gasteiger partial charge in [-0.15, -0.1) is 0 Å². The fourth-order valence-electron chi connectivity index (χ4n) is 13.0. The zero-order valence-electron chi connectivity index (χ0n) is 40.5. The smallest absolute Gasteiger partial charge is 0.333 e. The largest absolute Gasteiger partial charge is 0.376 e. The summed E-state index contributed by atoms with van der Waals surface area (Å²) in [5.41, 5.74) is 24.1. The van der Waals surface area contributed by atoms with Crippen molar-refractivity contribution in [2.75, 3.05) is 4.81 Å². The van der Waals surface area contributed by atoms with E-state index in [0.717, 1.165) is 12.8 Å². The SMILES string of the molecule is CCCCCc1ccc(N2B3c4cc(CCCCC)ccc4-n4c5c3c(cc(C(c3ccccc3)c3ccccc3)c5c3ccc5ccccc5c34)-c3cc4c(cc32)-c2ccccc2C4(C)C)cc1. The average molecular weight is 891 g/mol. The van der Waals surface area contributed by atoms with E-state index in [0.29, 0.717) is 0 Å². The molecule has 2 aliphatic heterocycles. The summed E-state index contributed by atoms with van der Waals surface area (Å²) in [6.45, 7) is 9.42. The van der Waals surface area contributed by atoms with E-state index in [1.807, 2.05) is 0 Å². The molecule has 0 atom stereocenters. The van der Waals surface area contributed by atoms with E-state index in [2.05, 4.69) is 219 Å². The van der Waals surface area contributed by atoms with Gasteiger partial charge in [-0.2, -0.15) is 0 Å². The van der Waals surface area contributed by atoms with E-state index in [1.165, 1.54) is 160 Å². The Balaban J connectivity index is 1.21. The van der Waals surface area contributed by atoms with Crippen molar-refractivity contribution in [1.29, 1.82) is 0 Å². The molecule has 0 radical (unpaired) electrons. The van der Waals surface area contributed by atoms with Crippen LogP contribution in [0.5, 0.6) is 0 Å². The minimum absolute atomic E-state index is 0.000800. The van der Waals surface area contributed by atoms with Crippen LogP contribution in [0.1, 0.15) is 111 Å². The lowest BCUT2D eigenvalue weighted by Gasteiger charge is -2.43. The van der Waals surface area contributed by atoms with E-state index in [1.54, 1.807) is 0 Å². The second-order valence-electron chi connectivity index (χ2n) is 20.8. The van der Waals surface area contributed by atoms with Gasteiger partial charge in [-0.25, -0.2) is 0 Å². The minimum Gasteiger partial charge on any atom is -0.376 e. The Kier molecular flexibility index (Phi) is 10.1. The molecule has 0 N–H and O–H groups in total. The van der Waals surface area contributed by atoms with Gasteiger partial charge >= 0.3 is 6.85 Å². The Bertz CT molecular complexity index is 3580. The van der Waals surface area contributed by atoms with Crippen LogP contribution in [0.2, 0.25) is 0 Å². The van der Waals surface area contributed by atoms with Crippen LogP contribution in [0, 0.1) is 0 Å². The Labute approximate surface area is 408 Å². The molecule has 0 spiro atoms. The fourth-order valence-corrected chi connectivity index (χ4v) is 13.0. The maximum absolute atomic E-state index is 2.76. The number of nitrogens with zero attached hydrogens (tertiary/aromatic N) is 2. The number of anilines is 2. The zero-order chi connectivity index (χ0) is 46.4. The topological polar surface area (TPSA) is 8.17 Å². The van der Waals surface area contributed by atoms with Gasteiger partial charge < -0.3 is 9.38 Å². The summed E-state index contributed by atoms with van der Waals surface area (Å²) in [6.07, 6.45) is 9.55. The van der Waals surface area contributed by atoms with E-state index in [4.69, 9.17) is 0 Å². The Hall–Kier alpha value is -7.10. The summed E-state index contributed by atoms with van der Waals surface area (Å²) < 4.78 is 2.72. The first-order valence-corrected chi connectivity index (χ1v) is 25.9. The minimum atomic E-state index is -0.155. The van der Waals surface area contributed by atoms with Crippen LogP contribution in [0.25, 0.3) is 60.5 Å². The average Bonchev–Trinajstić information content (AvgIpc) is 3.86. The van der Waals surface area contributed by atoms with Gasteiger partial charge in [0.15, 0.2) is 0 Å². The lowest BCUT2D eigenvalue weighted by molar-refractivity contribution is 0.660. The molecule has 0 saturated carbocycles. The van der Waals surface area contributed by atoms with Crippen molar-refractivity contribution in [2.45, 2.75) is 90.4 Å². The summed E-state index contributed by atoms with van der Waals surface area (Å²) in [5.74, 6) is 0.000800. The molecular formula is C66H59BN2. The van der Waals surface area contributed by atoms with Crippen molar-refractivity contribution in [3.63, 3.8) is 0 Å². The van der Waals surface area contributed by atoms with Gasteiger partial charge in [-0.1, -0.05) is 199 Å². The summed E-state index contributed by atoms with van der Waals surface area (Å²) in [4.78, 5) is 2.76. The molecular weight excluding hydrogens is 832 g/mol. The molecule has 3 heterocycles. The number of unbranched alkanes of at least 4 members (excludes halogenated alkanes) is 4. The third-order valence-corrected chi connectivity index (χ3v) is 16.3. The van der Waals surface area contributed by atoms with Gasteiger partial charge in [0, 0.05) is 50.1 Å². The maximum atomic E-state index is 2.76. The molecule has 0 saturated heterocycles. The van der Waals surface area contributed by atoms with Crippen LogP contribution < -0.4 is 15.7 Å². The highest BCUT2D eigenvalue weighted by Gasteiger charge is 2.47. The standard InChI is InChI=1S/C66H59BN2/c1-5-7-11-21-43-31-35-48(36-32-43)69-60-42-52-50-29-19-20-30-56(50)66(3,4)57(52)41-53(60)54-40-55(61(46-24-13-9-14-25-46)47-26-15-10-16-27-47)62-51-37-34-45-23-17-18-28-49(45)64(51)68-59-38-33-44(22-12-8-6-2)39-58(59)67(69)63(54)65(62)68/h9-10,13-20,23-42,61H,5-8,11-12,21-22H2,1-4H3. The lowest BCUT2D eigenvalue weighted by atomic mass is 9.43. The normalized spacial score (nSPS) is 13.9. The molecule has 13 rings (SSSR count). The molecule has 10 aromatic rings.